The zero-order chi connectivity index (χ0) is 20.7. The van der Waals surface area contributed by atoms with Gasteiger partial charge in [-0.3, -0.25) is 39.1 Å². The number of hydrogen-bond donors (Lipinski definition) is 0. The molecule has 0 unspecified atom stereocenters. The van der Waals surface area contributed by atoms with Crippen LogP contribution in [0.3, 0.4) is 0 Å². The highest BCUT2D eigenvalue weighted by Gasteiger charge is 2.25. The Morgan fingerprint density at radius 3 is 1.52 bits per heavy atom. The van der Waals surface area contributed by atoms with Gasteiger partial charge in [-0.2, -0.15) is 0 Å². The number of carbonyl (C=O) groups excluding carboxylic acids is 4. The Morgan fingerprint density at radius 1 is 0.852 bits per heavy atom. The van der Waals surface area contributed by atoms with Gasteiger partial charge in [0.2, 0.25) is 23.6 Å². The molecule has 1 aromatic carbocycles. The monoisotopic (exact) mass is 377 g/mol. The zero-order valence-corrected chi connectivity index (χ0v) is 15.8. The second-order valence-corrected chi connectivity index (χ2v) is 6.29. The van der Waals surface area contributed by atoms with Crippen LogP contribution in [-0.4, -0.2) is 51.4 Å². The molecule has 0 N–H and O–H groups in total. The summed E-state index contributed by atoms with van der Waals surface area (Å²) in [6.07, 6.45) is 0.326. The lowest BCUT2D eigenvalue weighted by Crippen LogP contribution is -2.44. The van der Waals surface area contributed by atoms with Crippen LogP contribution in [0.25, 0.3) is 0 Å². The minimum Gasteiger partial charge on any atom is -0.283 e. The molecule has 0 aromatic heterocycles. The van der Waals surface area contributed by atoms with Gasteiger partial charge in [-0.1, -0.05) is 12.1 Å². The summed E-state index contributed by atoms with van der Waals surface area (Å²) in [6, 6.07) is 5.85. The molecule has 27 heavy (non-hydrogen) atoms. The smallest absolute Gasteiger partial charge is 0.269 e. The van der Waals surface area contributed by atoms with E-state index in [2.05, 4.69) is 0 Å². The normalized spacial score (nSPS) is 10.4. The minimum absolute atomic E-state index is 0.0265. The molecule has 0 atom stereocenters. The first-order chi connectivity index (χ1) is 12.5. The Kier molecular flexibility index (Phi) is 7.77. The van der Waals surface area contributed by atoms with Gasteiger partial charge in [0.05, 0.1) is 4.92 Å². The third kappa shape index (κ3) is 6.61. The highest BCUT2D eigenvalue weighted by Crippen LogP contribution is 2.17. The highest BCUT2D eigenvalue weighted by molar-refractivity contribution is 5.93. The molecule has 9 heteroatoms. The summed E-state index contributed by atoms with van der Waals surface area (Å²) in [6.45, 7) is 5.10. The van der Waals surface area contributed by atoms with Gasteiger partial charge in [0, 0.05) is 52.9 Å². The predicted octanol–water partition coefficient (Wildman–Crippen LogP) is 1.54. The number of nitro groups is 1. The predicted molar refractivity (Wildman–Crippen MR) is 96.4 cm³/mol. The molecular weight excluding hydrogens is 354 g/mol. The standard InChI is InChI=1S/C18H23N3O6/c1-12(22)19(13(2)23)10-17(11-20(14(3)24)15(4)25)9-16-5-7-18(8-6-16)21(26)27/h5-8,17H,9-11H2,1-4H3. The van der Waals surface area contributed by atoms with Crippen LogP contribution in [0.5, 0.6) is 0 Å². The molecule has 9 nitrogen and oxygen atoms in total. The maximum absolute atomic E-state index is 11.7. The number of benzene rings is 1. The molecule has 0 saturated heterocycles. The van der Waals surface area contributed by atoms with Crippen molar-refractivity contribution in [3.05, 3.63) is 39.9 Å². The van der Waals surface area contributed by atoms with Crippen molar-refractivity contribution in [3.8, 4) is 0 Å². The quantitative estimate of drug-likeness (QED) is 0.525. The Labute approximate surface area is 157 Å². The van der Waals surface area contributed by atoms with Gasteiger partial charge in [-0.25, -0.2) is 0 Å². The summed E-state index contributed by atoms with van der Waals surface area (Å²) in [5, 5.41) is 10.8. The molecule has 0 aliphatic heterocycles. The van der Waals surface area contributed by atoms with E-state index in [0.29, 0.717) is 6.42 Å². The van der Waals surface area contributed by atoms with Crippen LogP contribution in [0, 0.1) is 16.0 Å². The molecule has 146 valence electrons. The second kappa shape index (κ2) is 9.56. The molecule has 1 aromatic rings. The number of nitrogens with zero attached hydrogens (tertiary/aromatic N) is 3. The summed E-state index contributed by atoms with van der Waals surface area (Å²) in [5.74, 6) is -2.16. The Morgan fingerprint density at radius 2 is 1.22 bits per heavy atom. The Bertz CT molecular complexity index is 682. The van der Waals surface area contributed by atoms with E-state index < -0.39 is 34.5 Å². The molecule has 0 radical (unpaired) electrons. The van der Waals surface area contributed by atoms with Crippen LogP contribution in [0.2, 0.25) is 0 Å². The van der Waals surface area contributed by atoms with E-state index in [0.717, 1.165) is 15.4 Å². The summed E-state index contributed by atoms with van der Waals surface area (Å²) in [5.41, 5.74) is 0.670. The third-order valence-corrected chi connectivity index (χ3v) is 4.07. The molecule has 4 amide bonds. The van der Waals surface area contributed by atoms with Crippen LogP contribution in [0.4, 0.5) is 5.69 Å². The number of non-ortho nitro benzene ring substituents is 1. The summed E-state index contributed by atoms with van der Waals surface area (Å²) in [7, 11) is 0. The number of amides is 4. The van der Waals surface area contributed by atoms with Crippen molar-refractivity contribution in [1.29, 1.82) is 0 Å². The Balaban J connectivity index is 3.09. The van der Waals surface area contributed by atoms with Gasteiger partial charge in [-0.05, 0) is 17.9 Å². The van der Waals surface area contributed by atoms with E-state index in [-0.39, 0.29) is 18.8 Å². The van der Waals surface area contributed by atoms with Gasteiger partial charge in [0.1, 0.15) is 0 Å². The minimum atomic E-state index is -0.512. The summed E-state index contributed by atoms with van der Waals surface area (Å²) < 4.78 is 0. The summed E-state index contributed by atoms with van der Waals surface area (Å²) >= 11 is 0. The fourth-order valence-corrected chi connectivity index (χ4v) is 2.75. The average molecular weight is 377 g/mol. The van der Waals surface area contributed by atoms with Gasteiger partial charge in [0.15, 0.2) is 0 Å². The van der Waals surface area contributed by atoms with E-state index >= 15 is 0 Å². The molecule has 0 spiro atoms. The zero-order valence-electron chi connectivity index (χ0n) is 15.8. The first kappa shape index (κ1) is 21.9. The third-order valence-electron chi connectivity index (χ3n) is 4.07. The maximum Gasteiger partial charge on any atom is 0.269 e. The van der Waals surface area contributed by atoms with E-state index in [4.69, 9.17) is 0 Å². The van der Waals surface area contributed by atoms with Crippen LogP contribution < -0.4 is 0 Å². The van der Waals surface area contributed by atoms with Gasteiger partial charge >= 0.3 is 0 Å². The van der Waals surface area contributed by atoms with E-state index in [1.807, 2.05) is 0 Å². The highest BCUT2D eigenvalue weighted by atomic mass is 16.6. The SMILES string of the molecule is CC(=O)N(CC(Cc1ccc([N+](=O)[O-])cc1)CN(C(C)=O)C(C)=O)C(C)=O. The van der Waals surface area contributed by atoms with Crippen LogP contribution in [0.15, 0.2) is 24.3 Å². The van der Waals surface area contributed by atoms with Crippen LogP contribution in [-0.2, 0) is 25.6 Å². The molecule has 1 rings (SSSR count). The van der Waals surface area contributed by atoms with Crippen LogP contribution >= 0.6 is 0 Å². The molecule has 0 heterocycles. The first-order valence-electron chi connectivity index (χ1n) is 8.33. The molecule has 0 aliphatic carbocycles. The molecule has 0 bridgehead atoms. The van der Waals surface area contributed by atoms with E-state index in [1.54, 1.807) is 12.1 Å². The van der Waals surface area contributed by atoms with Gasteiger partial charge in [0.25, 0.3) is 5.69 Å². The number of hydrogen-bond acceptors (Lipinski definition) is 6. The lowest BCUT2D eigenvalue weighted by molar-refractivity contribution is -0.384. The van der Waals surface area contributed by atoms with Crippen molar-refractivity contribution in [2.45, 2.75) is 34.1 Å². The molecule has 0 aliphatic rings. The molecule has 0 saturated carbocycles. The molecule has 0 fully saturated rings. The summed E-state index contributed by atoms with van der Waals surface area (Å²) in [4.78, 5) is 59.3. The number of nitro benzene ring substituents is 1. The van der Waals surface area contributed by atoms with Crippen molar-refractivity contribution in [1.82, 2.24) is 9.80 Å². The topological polar surface area (TPSA) is 118 Å². The number of rotatable bonds is 7. The first-order valence-corrected chi connectivity index (χ1v) is 8.33. The number of imide groups is 2. The van der Waals surface area contributed by atoms with Crippen molar-refractivity contribution >= 4 is 29.3 Å². The van der Waals surface area contributed by atoms with E-state index in [1.165, 1.54) is 39.8 Å². The fourth-order valence-electron chi connectivity index (χ4n) is 2.75. The van der Waals surface area contributed by atoms with Crippen LogP contribution in [0.1, 0.15) is 33.3 Å². The van der Waals surface area contributed by atoms with Crippen molar-refractivity contribution in [2.24, 2.45) is 5.92 Å². The lowest BCUT2D eigenvalue weighted by Gasteiger charge is -2.28. The van der Waals surface area contributed by atoms with Crippen molar-refractivity contribution in [2.75, 3.05) is 13.1 Å². The lowest BCUT2D eigenvalue weighted by atomic mass is 9.97. The average Bonchev–Trinajstić information content (AvgIpc) is 2.56. The second-order valence-electron chi connectivity index (χ2n) is 6.29. The number of carbonyl (C=O) groups is 4. The largest absolute Gasteiger partial charge is 0.283 e. The van der Waals surface area contributed by atoms with Gasteiger partial charge < -0.3 is 0 Å². The van der Waals surface area contributed by atoms with E-state index in [9.17, 15) is 29.3 Å². The van der Waals surface area contributed by atoms with Crippen molar-refractivity contribution < 1.29 is 24.1 Å². The van der Waals surface area contributed by atoms with Gasteiger partial charge in [-0.15, -0.1) is 0 Å². The Hall–Kier alpha value is -3.10. The van der Waals surface area contributed by atoms with Crippen molar-refractivity contribution in [3.63, 3.8) is 0 Å². The molecular formula is C18H23N3O6. The maximum atomic E-state index is 11.7. The fraction of sp³-hybridized carbons (Fsp3) is 0.444.